The van der Waals surface area contributed by atoms with E-state index in [1.807, 2.05) is 13.8 Å². The Hall–Kier alpha value is -1.50. The maximum atomic E-state index is 11.8. The van der Waals surface area contributed by atoms with Crippen molar-refractivity contribution in [3.63, 3.8) is 0 Å². The minimum Gasteiger partial charge on any atom is -0.385 e. The van der Waals surface area contributed by atoms with Gasteiger partial charge in [-0.3, -0.25) is 4.90 Å². The number of amidine groups is 1. The van der Waals surface area contributed by atoms with Crippen LogP contribution in [0.15, 0.2) is 4.99 Å². The number of carbonyl (C=O) groups is 1. The van der Waals surface area contributed by atoms with Crippen molar-refractivity contribution in [2.45, 2.75) is 52.1 Å². The largest absolute Gasteiger partial charge is 0.385 e. The van der Waals surface area contributed by atoms with Crippen LogP contribution in [0, 0.1) is 18.3 Å². The molecule has 0 aromatic rings. The second-order valence-electron chi connectivity index (χ2n) is 5.20. The molecule has 0 aliphatic carbocycles. The highest BCUT2D eigenvalue weighted by molar-refractivity contribution is 6.05. The summed E-state index contributed by atoms with van der Waals surface area (Å²) in [5.74, 6) is 3.51. The lowest BCUT2D eigenvalue weighted by atomic mass is 9.89. The lowest BCUT2D eigenvalue weighted by Gasteiger charge is -2.37. The van der Waals surface area contributed by atoms with Crippen molar-refractivity contribution >= 4 is 11.9 Å². The average Bonchev–Trinajstić information content (AvgIpc) is 2.47. The molecule has 1 heterocycles. The Bertz CT molecular complexity index is 381. The maximum absolute atomic E-state index is 11.8. The van der Waals surface area contributed by atoms with Gasteiger partial charge in [-0.15, -0.1) is 6.42 Å². The summed E-state index contributed by atoms with van der Waals surface area (Å²) in [6.07, 6.45) is 7.17. The first-order chi connectivity index (χ1) is 7.82. The predicted octanol–water partition coefficient (Wildman–Crippen LogP) is 2.00. The molecule has 1 rings (SSSR count). The van der Waals surface area contributed by atoms with Crippen molar-refractivity contribution in [3.05, 3.63) is 0 Å². The molecule has 0 bridgehead atoms. The molecule has 2 amide bonds. The van der Waals surface area contributed by atoms with Crippen LogP contribution >= 0.6 is 0 Å². The number of nitrogens with two attached hydrogens (primary N) is 1. The molecule has 4 heteroatoms. The van der Waals surface area contributed by atoms with Crippen LogP contribution in [0.4, 0.5) is 4.79 Å². The van der Waals surface area contributed by atoms with E-state index in [9.17, 15) is 4.79 Å². The SMILES string of the molecule is C#CC(C)N1C(=O)N=C(N)C1(C)CCC(C)C. The van der Waals surface area contributed by atoms with E-state index in [0.717, 1.165) is 12.8 Å². The molecular formula is C13H21N3O. The van der Waals surface area contributed by atoms with Crippen molar-refractivity contribution < 1.29 is 4.79 Å². The summed E-state index contributed by atoms with van der Waals surface area (Å²) >= 11 is 0. The number of hydrogen-bond acceptors (Lipinski definition) is 2. The summed E-state index contributed by atoms with van der Waals surface area (Å²) in [4.78, 5) is 17.3. The third-order valence-corrected chi connectivity index (χ3v) is 3.34. The molecule has 2 unspecified atom stereocenters. The van der Waals surface area contributed by atoms with Gasteiger partial charge in [0.25, 0.3) is 0 Å². The van der Waals surface area contributed by atoms with Crippen molar-refractivity contribution in [3.8, 4) is 12.3 Å². The first-order valence-electron chi connectivity index (χ1n) is 5.97. The molecule has 2 N–H and O–H groups in total. The Kier molecular flexibility index (Phi) is 3.82. The maximum Gasteiger partial charge on any atom is 0.347 e. The van der Waals surface area contributed by atoms with E-state index < -0.39 is 5.54 Å². The smallest absolute Gasteiger partial charge is 0.347 e. The van der Waals surface area contributed by atoms with Crippen molar-refractivity contribution in [1.82, 2.24) is 4.90 Å². The van der Waals surface area contributed by atoms with Gasteiger partial charge in [-0.25, -0.2) is 4.79 Å². The second-order valence-corrected chi connectivity index (χ2v) is 5.20. The van der Waals surface area contributed by atoms with E-state index in [2.05, 4.69) is 24.8 Å². The van der Waals surface area contributed by atoms with Gasteiger partial charge in [0.2, 0.25) is 0 Å². The van der Waals surface area contributed by atoms with Gasteiger partial charge in [0, 0.05) is 0 Å². The molecule has 1 aliphatic rings. The summed E-state index contributed by atoms with van der Waals surface area (Å²) in [5, 5.41) is 0. The van der Waals surface area contributed by atoms with Crippen molar-refractivity contribution in [1.29, 1.82) is 0 Å². The van der Waals surface area contributed by atoms with Crippen LogP contribution in [0.5, 0.6) is 0 Å². The van der Waals surface area contributed by atoms with E-state index in [-0.39, 0.29) is 12.1 Å². The van der Waals surface area contributed by atoms with Crippen molar-refractivity contribution in [2.24, 2.45) is 16.6 Å². The molecule has 0 spiro atoms. The predicted molar refractivity (Wildman–Crippen MR) is 69.6 cm³/mol. The monoisotopic (exact) mass is 235 g/mol. The van der Waals surface area contributed by atoms with E-state index in [4.69, 9.17) is 12.2 Å². The summed E-state index contributed by atoms with van der Waals surface area (Å²) in [6, 6.07) is -0.608. The van der Waals surface area contributed by atoms with Crippen molar-refractivity contribution in [2.75, 3.05) is 0 Å². The summed E-state index contributed by atoms with van der Waals surface area (Å²) in [6.45, 7) is 8.04. The Balaban J connectivity index is 2.96. The molecule has 0 saturated heterocycles. The third kappa shape index (κ3) is 2.44. The van der Waals surface area contributed by atoms with E-state index in [0.29, 0.717) is 11.8 Å². The van der Waals surface area contributed by atoms with E-state index in [1.165, 1.54) is 0 Å². The highest BCUT2D eigenvalue weighted by Crippen LogP contribution is 2.31. The molecule has 0 aromatic heterocycles. The van der Waals surface area contributed by atoms with Gasteiger partial charge in [0.15, 0.2) is 0 Å². The fourth-order valence-electron chi connectivity index (χ4n) is 2.10. The molecule has 0 aromatic carbocycles. The van der Waals surface area contributed by atoms with Crippen LogP contribution in [0.3, 0.4) is 0 Å². The standard InChI is InChI=1S/C13H21N3O/c1-6-10(4)16-12(17)15-11(14)13(16,5)8-7-9(2)3/h1,9-10H,7-8H2,2-5H3,(H2,14,15,17). The molecule has 0 radical (unpaired) electrons. The highest BCUT2D eigenvalue weighted by atomic mass is 16.2. The zero-order valence-electron chi connectivity index (χ0n) is 11.0. The highest BCUT2D eigenvalue weighted by Gasteiger charge is 2.46. The Morgan fingerprint density at radius 1 is 1.53 bits per heavy atom. The number of rotatable bonds is 4. The first-order valence-corrected chi connectivity index (χ1v) is 5.97. The molecule has 17 heavy (non-hydrogen) atoms. The average molecular weight is 235 g/mol. The number of urea groups is 1. The number of nitrogens with zero attached hydrogens (tertiary/aromatic N) is 2. The zero-order valence-corrected chi connectivity index (χ0v) is 11.0. The van der Waals surface area contributed by atoms with Gasteiger partial charge >= 0.3 is 6.03 Å². The second kappa shape index (κ2) is 4.79. The zero-order chi connectivity index (χ0) is 13.2. The number of carbonyl (C=O) groups excluding carboxylic acids is 1. The first kappa shape index (κ1) is 13.6. The molecule has 2 atom stereocenters. The molecule has 0 saturated carbocycles. The fraction of sp³-hybridized carbons (Fsp3) is 0.692. The lowest BCUT2D eigenvalue weighted by Crippen LogP contribution is -2.55. The number of amides is 2. The van der Waals surface area contributed by atoms with Crippen LogP contribution in [0.1, 0.15) is 40.5 Å². The van der Waals surface area contributed by atoms with Gasteiger partial charge in [0.1, 0.15) is 11.4 Å². The Morgan fingerprint density at radius 2 is 2.12 bits per heavy atom. The number of aliphatic imine (C=N–C) groups is 1. The number of hydrogen-bond donors (Lipinski definition) is 1. The lowest BCUT2D eigenvalue weighted by molar-refractivity contribution is 0.158. The van der Waals surface area contributed by atoms with Crippen LogP contribution < -0.4 is 5.73 Å². The summed E-state index contributed by atoms with van der Waals surface area (Å²) < 4.78 is 0. The fourth-order valence-corrected chi connectivity index (χ4v) is 2.10. The third-order valence-electron chi connectivity index (χ3n) is 3.34. The van der Waals surface area contributed by atoms with Crippen LogP contribution in [0.25, 0.3) is 0 Å². The summed E-state index contributed by atoms with van der Waals surface area (Å²) in [5.41, 5.74) is 5.36. The van der Waals surface area contributed by atoms with Crippen LogP contribution in [-0.2, 0) is 0 Å². The van der Waals surface area contributed by atoms with Gasteiger partial charge < -0.3 is 5.73 Å². The molecule has 1 aliphatic heterocycles. The van der Waals surface area contributed by atoms with Gasteiger partial charge in [-0.2, -0.15) is 4.99 Å². The topological polar surface area (TPSA) is 58.7 Å². The van der Waals surface area contributed by atoms with Crippen LogP contribution in [-0.4, -0.2) is 28.3 Å². The minimum absolute atomic E-state index is 0.288. The molecule has 0 fully saturated rings. The van der Waals surface area contributed by atoms with Crippen LogP contribution in [0.2, 0.25) is 0 Å². The van der Waals surface area contributed by atoms with E-state index >= 15 is 0 Å². The summed E-state index contributed by atoms with van der Waals surface area (Å²) in [7, 11) is 0. The molecular weight excluding hydrogens is 214 g/mol. The number of terminal acetylenes is 1. The Labute approximate surface area is 103 Å². The van der Waals surface area contributed by atoms with Gasteiger partial charge in [-0.1, -0.05) is 19.8 Å². The Morgan fingerprint density at radius 3 is 2.59 bits per heavy atom. The molecule has 94 valence electrons. The van der Waals surface area contributed by atoms with Gasteiger partial charge in [0.05, 0.1) is 6.04 Å². The normalized spacial score (nSPS) is 26.0. The molecule has 4 nitrogen and oxygen atoms in total. The quantitative estimate of drug-likeness (QED) is 0.758. The minimum atomic E-state index is -0.535. The van der Waals surface area contributed by atoms with E-state index in [1.54, 1.807) is 4.90 Å². The van der Waals surface area contributed by atoms with Gasteiger partial charge in [-0.05, 0) is 32.6 Å².